The molecule has 0 bridgehead atoms. The molecule has 2 N–H and O–H groups in total. The Labute approximate surface area is 441 Å². The number of benzene rings is 1. The summed E-state index contributed by atoms with van der Waals surface area (Å²) >= 11 is 0. The van der Waals surface area contributed by atoms with Crippen molar-refractivity contribution in [3.8, 4) is 0 Å². The number of hydrogen-bond acceptors (Lipinski definition) is 22. The Kier molecular flexibility index (Phi) is 64.5. The van der Waals surface area contributed by atoms with Gasteiger partial charge in [0.25, 0.3) is 0 Å². The highest BCUT2D eigenvalue weighted by Crippen LogP contribution is 2.10. The maximum atomic E-state index is 12.1. The van der Waals surface area contributed by atoms with Crippen LogP contribution >= 0.6 is 0 Å². The monoisotopic (exact) mass is 1070 g/mol. The zero-order chi connectivity index (χ0) is 55.2. The fourth-order valence-corrected chi connectivity index (χ4v) is 4.90. The summed E-state index contributed by atoms with van der Waals surface area (Å²) in [6.07, 6.45) is 3.16. The van der Waals surface area contributed by atoms with Crippen molar-refractivity contribution in [2.45, 2.75) is 98.7 Å². The highest BCUT2D eigenvalue weighted by molar-refractivity contribution is 5.78. The molecule has 1 rings (SSSR count). The summed E-state index contributed by atoms with van der Waals surface area (Å²) in [5.41, 5.74) is 0.965. The Bertz CT molecular complexity index is 1310. The third-order valence-electron chi connectivity index (χ3n) is 9.22. The molecule has 0 heterocycles. The Morgan fingerprint density at radius 3 is 1.12 bits per heavy atom. The van der Waals surface area contributed by atoms with Crippen LogP contribution in [-0.2, 0) is 102 Å². The lowest BCUT2D eigenvalue weighted by Crippen LogP contribution is -2.29. The molecule has 0 aromatic heterocycles. The first-order chi connectivity index (χ1) is 36.2. The zero-order valence-electron chi connectivity index (χ0n) is 45.9. The Morgan fingerprint density at radius 1 is 0.473 bits per heavy atom. The van der Waals surface area contributed by atoms with Gasteiger partial charge in [0.15, 0.2) is 19.7 Å². The summed E-state index contributed by atoms with van der Waals surface area (Å²) in [5.74, 6) is -2.02. The van der Waals surface area contributed by atoms with E-state index in [0.717, 1.165) is 11.5 Å². The molecule has 0 aliphatic rings. The molecule has 0 radical (unpaired) electrons. The average Bonchev–Trinajstić information content (AvgIpc) is 3.42. The predicted molar refractivity (Wildman–Crippen MR) is 273 cm³/mol. The number of carbonyl (C=O) groups is 4. The lowest BCUT2D eigenvalue weighted by molar-refractivity contribution is -0.166. The fraction of sp³-hybridized carbons (Fsp3) is 0.808. The van der Waals surface area contributed by atoms with Crippen LogP contribution in [0.4, 0.5) is 0 Å². The van der Waals surface area contributed by atoms with Crippen LogP contribution in [0.15, 0.2) is 30.3 Å². The Morgan fingerprint density at radius 2 is 0.811 bits per heavy atom. The molecule has 0 saturated heterocycles. The predicted octanol–water partition coefficient (Wildman–Crippen LogP) is 4.88. The van der Waals surface area contributed by atoms with Gasteiger partial charge >= 0.3 is 23.9 Å². The van der Waals surface area contributed by atoms with E-state index in [1.54, 1.807) is 14.2 Å². The van der Waals surface area contributed by atoms with Gasteiger partial charge in [-0.15, -0.1) is 0 Å². The summed E-state index contributed by atoms with van der Waals surface area (Å²) in [6, 6.07) is 9.52. The van der Waals surface area contributed by atoms with Crippen molar-refractivity contribution in [2.24, 2.45) is 5.92 Å². The summed E-state index contributed by atoms with van der Waals surface area (Å²) < 4.78 is 82.5. The third kappa shape index (κ3) is 61.1. The fourth-order valence-electron chi connectivity index (χ4n) is 4.90. The molecule has 0 amide bonds. The van der Waals surface area contributed by atoms with E-state index in [1.807, 2.05) is 44.2 Å². The van der Waals surface area contributed by atoms with Crippen LogP contribution in [-0.4, -0.2) is 213 Å². The average molecular weight is 1070 g/mol. The van der Waals surface area contributed by atoms with E-state index in [-0.39, 0.29) is 72.3 Å². The molecule has 0 spiro atoms. The van der Waals surface area contributed by atoms with Gasteiger partial charge in [-0.25, -0.2) is 0 Å². The smallest absolute Gasteiger partial charge is 0.308 e. The number of rotatable bonds is 49. The lowest BCUT2D eigenvalue weighted by atomic mass is 10.0. The second-order valence-corrected chi connectivity index (χ2v) is 15.2. The number of hydrogen-bond donors (Lipinski definition) is 2. The van der Waals surface area contributed by atoms with Gasteiger partial charge < -0.3 is 86.0 Å². The Balaban J connectivity index is -0.00000234. The number of unbranched alkanes of at least 4 members (excludes halogenated alkanes) is 1. The molecule has 22 heteroatoms. The molecule has 74 heavy (non-hydrogen) atoms. The van der Waals surface area contributed by atoms with Crippen molar-refractivity contribution < 1.29 is 105 Å². The quantitative estimate of drug-likeness (QED) is 0.0381. The molecular weight excluding hydrogens is 977 g/mol. The SMILES string of the molecule is CC.CCCCC(C)CC.COCCOCCOCCOCCOCCOCOC(=O)CCC(=O)OCC(CO)OC(=O)CCC(=O)OCOCCOCCOCCOCCOCCOC.OCc1ccccc1. The summed E-state index contributed by atoms with van der Waals surface area (Å²) in [6.45, 7) is 17.4. The summed E-state index contributed by atoms with van der Waals surface area (Å²) in [5, 5.41) is 18.0. The number of aliphatic hydroxyl groups excluding tert-OH is 2. The van der Waals surface area contributed by atoms with Crippen molar-refractivity contribution in [3.63, 3.8) is 0 Å². The van der Waals surface area contributed by atoms with E-state index in [2.05, 4.69) is 20.8 Å². The first-order valence-corrected chi connectivity index (χ1v) is 25.8. The van der Waals surface area contributed by atoms with Crippen molar-refractivity contribution in [1.29, 1.82) is 0 Å². The van der Waals surface area contributed by atoms with Gasteiger partial charge in [0.1, 0.15) is 6.61 Å². The molecule has 2 unspecified atom stereocenters. The second kappa shape index (κ2) is 63.8. The number of carbonyl (C=O) groups excluding carboxylic acids is 4. The van der Waals surface area contributed by atoms with Gasteiger partial charge in [0.05, 0.1) is 171 Å². The van der Waals surface area contributed by atoms with Crippen molar-refractivity contribution in [3.05, 3.63) is 35.9 Å². The van der Waals surface area contributed by atoms with Crippen LogP contribution in [0.1, 0.15) is 91.5 Å². The Hall–Kier alpha value is -3.46. The largest absolute Gasteiger partial charge is 0.462 e. The summed E-state index contributed by atoms with van der Waals surface area (Å²) in [7, 11) is 3.22. The van der Waals surface area contributed by atoms with E-state index in [4.69, 9.17) is 80.9 Å². The number of ether oxygens (including phenoxy) is 16. The minimum Gasteiger partial charge on any atom is -0.462 e. The van der Waals surface area contributed by atoms with Gasteiger partial charge in [0, 0.05) is 14.2 Å². The van der Waals surface area contributed by atoms with Crippen molar-refractivity contribution in [2.75, 3.05) is 173 Å². The third-order valence-corrected chi connectivity index (χ3v) is 9.22. The van der Waals surface area contributed by atoms with Crippen LogP contribution in [0.2, 0.25) is 0 Å². The molecular formula is C52H96O22. The van der Waals surface area contributed by atoms with Gasteiger partial charge in [0.2, 0.25) is 0 Å². The lowest BCUT2D eigenvalue weighted by Gasteiger charge is -2.15. The molecule has 436 valence electrons. The van der Waals surface area contributed by atoms with Crippen molar-refractivity contribution in [1.82, 2.24) is 0 Å². The topological polar surface area (TPSA) is 256 Å². The number of esters is 4. The molecule has 0 aliphatic heterocycles. The van der Waals surface area contributed by atoms with Gasteiger partial charge in [-0.05, 0) is 11.5 Å². The standard InChI is InChI=1S/C35H64O21.C8H18.C7H8O.C2H6/c1-41-7-9-43-11-13-45-15-17-47-19-21-49-23-25-51-29-54-33(38)4-3-32(37)53-28-31(27-36)56-35(40)6-5-34(39)55-30-52-26-24-50-22-20-48-18-16-46-14-12-44-10-8-42-2;1-4-6-7-8(3)5-2;8-6-7-4-2-1-3-5-7;1-2/h31,36H,3-30H2,1-2H3;8H,4-7H2,1-3H3;1-5,8H,6H2;1-2H3. The van der Waals surface area contributed by atoms with Crippen LogP contribution < -0.4 is 0 Å². The highest BCUT2D eigenvalue weighted by Gasteiger charge is 2.18. The highest BCUT2D eigenvalue weighted by atomic mass is 16.7. The first-order valence-electron chi connectivity index (χ1n) is 25.8. The molecule has 1 aromatic carbocycles. The second-order valence-electron chi connectivity index (χ2n) is 15.2. The van der Waals surface area contributed by atoms with Crippen molar-refractivity contribution >= 4 is 23.9 Å². The van der Waals surface area contributed by atoms with Crippen LogP contribution in [0.25, 0.3) is 0 Å². The molecule has 0 aliphatic carbocycles. The van der Waals surface area contributed by atoms with Gasteiger partial charge in [-0.1, -0.05) is 90.6 Å². The van der Waals surface area contributed by atoms with Crippen LogP contribution in [0, 0.1) is 5.92 Å². The molecule has 2 atom stereocenters. The van der Waals surface area contributed by atoms with Gasteiger partial charge in [-0.2, -0.15) is 0 Å². The molecule has 0 saturated carbocycles. The van der Waals surface area contributed by atoms with E-state index < -0.39 is 43.2 Å². The maximum Gasteiger partial charge on any atom is 0.308 e. The number of aliphatic hydroxyl groups is 2. The van der Waals surface area contributed by atoms with E-state index in [1.165, 1.54) is 25.7 Å². The molecule has 1 aromatic rings. The van der Waals surface area contributed by atoms with Crippen LogP contribution in [0.3, 0.4) is 0 Å². The van der Waals surface area contributed by atoms with Crippen LogP contribution in [0.5, 0.6) is 0 Å². The molecule has 0 fully saturated rings. The van der Waals surface area contributed by atoms with E-state index in [9.17, 15) is 24.3 Å². The van der Waals surface area contributed by atoms with Gasteiger partial charge in [-0.3, -0.25) is 19.2 Å². The number of methoxy groups -OCH3 is 2. The van der Waals surface area contributed by atoms with E-state index in [0.29, 0.717) is 106 Å². The zero-order valence-corrected chi connectivity index (χ0v) is 45.9. The minimum absolute atomic E-state index is 0.140. The maximum absolute atomic E-state index is 12.1. The first kappa shape index (κ1) is 74.8. The molecule has 22 nitrogen and oxygen atoms in total. The van der Waals surface area contributed by atoms with E-state index >= 15 is 0 Å². The minimum atomic E-state index is -1.16. The normalized spacial score (nSPS) is 11.4. The summed E-state index contributed by atoms with van der Waals surface area (Å²) in [4.78, 5) is 47.7.